The molecule has 0 atom stereocenters. The Bertz CT molecular complexity index is 782. The van der Waals surface area contributed by atoms with E-state index >= 15 is 0 Å². The smallest absolute Gasteiger partial charge is 0.320 e. The molecule has 0 aliphatic heterocycles. The predicted octanol–water partition coefficient (Wildman–Crippen LogP) is 3.71. The molecule has 7 heteroatoms. The molecule has 1 aromatic heterocycles. The van der Waals surface area contributed by atoms with Gasteiger partial charge in [0.25, 0.3) is 0 Å². The number of aromatic nitrogens is 2. The first-order valence-electron chi connectivity index (χ1n) is 9.41. The fourth-order valence-electron chi connectivity index (χ4n) is 3.49. The molecule has 1 saturated carbocycles. The maximum absolute atomic E-state index is 12.4. The lowest BCUT2D eigenvalue weighted by Crippen LogP contribution is -2.39. The molecular formula is C20H28N4O3. The van der Waals surface area contributed by atoms with Crippen molar-refractivity contribution in [3.63, 3.8) is 0 Å². The minimum Gasteiger partial charge on any atom is -0.493 e. The average Bonchev–Trinajstić information content (AvgIpc) is 3.02. The van der Waals surface area contributed by atoms with Crippen molar-refractivity contribution in [2.24, 2.45) is 0 Å². The fraction of sp³-hybridized carbons (Fsp3) is 0.500. The third kappa shape index (κ3) is 4.72. The zero-order valence-corrected chi connectivity index (χ0v) is 16.2. The van der Waals surface area contributed by atoms with Gasteiger partial charge in [-0.15, -0.1) is 0 Å². The Kier molecular flexibility index (Phi) is 6.21. The van der Waals surface area contributed by atoms with Crippen molar-refractivity contribution in [2.75, 3.05) is 19.5 Å². The molecule has 146 valence electrons. The van der Waals surface area contributed by atoms with Crippen LogP contribution in [-0.2, 0) is 6.54 Å². The van der Waals surface area contributed by atoms with Crippen LogP contribution in [0, 0.1) is 6.92 Å². The fourth-order valence-corrected chi connectivity index (χ4v) is 3.49. The molecule has 1 aliphatic rings. The van der Waals surface area contributed by atoms with E-state index in [9.17, 15) is 4.79 Å². The molecule has 3 rings (SSSR count). The van der Waals surface area contributed by atoms with Crippen LogP contribution < -0.4 is 20.1 Å². The lowest BCUT2D eigenvalue weighted by molar-refractivity contribution is 0.244. The van der Waals surface area contributed by atoms with E-state index in [4.69, 9.17) is 9.47 Å². The topological polar surface area (TPSA) is 77.4 Å². The van der Waals surface area contributed by atoms with Gasteiger partial charge >= 0.3 is 6.03 Å². The number of benzene rings is 1. The quantitative estimate of drug-likeness (QED) is 0.810. The Labute approximate surface area is 160 Å². The lowest BCUT2D eigenvalue weighted by Gasteiger charge is -2.23. The minimum atomic E-state index is -0.168. The van der Waals surface area contributed by atoms with Crippen molar-refractivity contribution in [3.8, 4) is 11.5 Å². The first-order chi connectivity index (χ1) is 13.1. The summed E-state index contributed by atoms with van der Waals surface area (Å²) in [5.74, 6) is 2.06. The number of carbonyl (C=O) groups is 1. The average molecular weight is 372 g/mol. The van der Waals surface area contributed by atoms with Crippen molar-refractivity contribution in [2.45, 2.75) is 51.6 Å². The van der Waals surface area contributed by atoms with Crippen molar-refractivity contribution in [1.82, 2.24) is 15.1 Å². The number of rotatable bonds is 6. The predicted molar refractivity (Wildman–Crippen MR) is 105 cm³/mol. The number of hydrogen-bond acceptors (Lipinski definition) is 4. The van der Waals surface area contributed by atoms with E-state index in [0.717, 1.165) is 24.0 Å². The van der Waals surface area contributed by atoms with Crippen LogP contribution >= 0.6 is 0 Å². The van der Waals surface area contributed by atoms with Crippen molar-refractivity contribution >= 4 is 11.8 Å². The van der Waals surface area contributed by atoms with Gasteiger partial charge in [-0.05, 0) is 37.5 Å². The lowest BCUT2D eigenvalue weighted by atomic mass is 9.96. The van der Waals surface area contributed by atoms with E-state index in [0.29, 0.717) is 23.9 Å². The van der Waals surface area contributed by atoms with Gasteiger partial charge in [0, 0.05) is 11.6 Å². The van der Waals surface area contributed by atoms with Gasteiger partial charge in [-0.25, -0.2) is 9.48 Å². The van der Waals surface area contributed by atoms with Gasteiger partial charge in [0.2, 0.25) is 0 Å². The molecule has 0 bridgehead atoms. The summed E-state index contributed by atoms with van der Waals surface area (Å²) in [6.07, 6.45) is 7.49. The summed E-state index contributed by atoms with van der Waals surface area (Å²) in [5.41, 5.74) is 1.93. The largest absolute Gasteiger partial charge is 0.493 e. The van der Waals surface area contributed by atoms with E-state index in [1.54, 1.807) is 25.1 Å². The summed E-state index contributed by atoms with van der Waals surface area (Å²) in [6, 6.07) is 5.85. The number of hydrogen-bond donors (Lipinski definition) is 2. The van der Waals surface area contributed by atoms with Crippen LogP contribution in [0.25, 0.3) is 0 Å². The van der Waals surface area contributed by atoms with Gasteiger partial charge in [-0.2, -0.15) is 5.10 Å². The van der Waals surface area contributed by atoms with E-state index in [-0.39, 0.29) is 12.1 Å². The first kappa shape index (κ1) is 19.1. The van der Waals surface area contributed by atoms with Crippen molar-refractivity contribution in [3.05, 3.63) is 35.5 Å². The van der Waals surface area contributed by atoms with Gasteiger partial charge in [0.05, 0.1) is 27.0 Å². The summed E-state index contributed by atoms with van der Waals surface area (Å²) >= 11 is 0. The number of carbonyl (C=O) groups excluding carboxylic acids is 1. The van der Waals surface area contributed by atoms with Crippen LogP contribution in [0.1, 0.15) is 43.2 Å². The van der Waals surface area contributed by atoms with Crippen LogP contribution in [0.5, 0.6) is 11.5 Å². The zero-order valence-electron chi connectivity index (χ0n) is 16.2. The van der Waals surface area contributed by atoms with E-state index in [1.165, 1.54) is 19.3 Å². The van der Waals surface area contributed by atoms with E-state index < -0.39 is 0 Å². The third-order valence-electron chi connectivity index (χ3n) is 4.98. The molecule has 2 N–H and O–H groups in total. The monoisotopic (exact) mass is 372 g/mol. The van der Waals surface area contributed by atoms with Gasteiger partial charge in [0.15, 0.2) is 11.5 Å². The second-order valence-corrected chi connectivity index (χ2v) is 6.96. The SMILES string of the molecule is COc1ccc(Cn2ncc(C)c2NC(=O)NC2CCCCC2)cc1OC. The second-order valence-electron chi connectivity index (χ2n) is 6.96. The Balaban J connectivity index is 1.70. The van der Waals surface area contributed by atoms with Crippen LogP contribution in [0.4, 0.5) is 10.6 Å². The molecular weight excluding hydrogens is 344 g/mol. The number of aryl methyl sites for hydroxylation is 1. The first-order valence-corrected chi connectivity index (χ1v) is 9.41. The number of nitrogens with one attached hydrogen (secondary N) is 2. The highest BCUT2D eigenvalue weighted by molar-refractivity contribution is 5.89. The van der Waals surface area contributed by atoms with Gasteiger partial charge < -0.3 is 14.8 Å². The highest BCUT2D eigenvalue weighted by Crippen LogP contribution is 2.28. The normalized spacial score (nSPS) is 14.6. The molecule has 27 heavy (non-hydrogen) atoms. The van der Waals surface area contributed by atoms with Crippen LogP contribution in [0.15, 0.2) is 24.4 Å². The maximum Gasteiger partial charge on any atom is 0.320 e. The Hall–Kier alpha value is -2.70. The standard InChI is InChI=1S/C20H28N4O3/c1-14-12-21-24(13-15-9-10-17(26-2)18(11-15)27-3)19(14)23-20(25)22-16-7-5-4-6-8-16/h9-12,16H,4-8,13H2,1-3H3,(H2,22,23,25). The number of amides is 2. The molecule has 1 aliphatic carbocycles. The summed E-state index contributed by atoms with van der Waals surface area (Å²) < 4.78 is 12.4. The number of urea groups is 1. The highest BCUT2D eigenvalue weighted by atomic mass is 16.5. The molecule has 0 unspecified atom stereocenters. The third-order valence-corrected chi connectivity index (χ3v) is 4.98. The minimum absolute atomic E-state index is 0.168. The van der Waals surface area contributed by atoms with Gasteiger partial charge in [0.1, 0.15) is 5.82 Å². The summed E-state index contributed by atoms with van der Waals surface area (Å²) in [4.78, 5) is 12.4. The summed E-state index contributed by atoms with van der Waals surface area (Å²) in [5, 5.41) is 10.5. The molecule has 0 spiro atoms. The number of anilines is 1. The van der Waals surface area contributed by atoms with Crippen LogP contribution in [0.2, 0.25) is 0 Å². The molecule has 2 aromatic rings. The van der Waals surface area contributed by atoms with Crippen molar-refractivity contribution < 1.29 is 14.3 Å². The highest BCUT2D eigenvalue weighted by Gasteiger charge is 2.18. The molecule has 0 radical (unpaired) electrons. The zero-order chi connectivity index (χ0) is 19.2. The Morgan fingerprint density at radius 3 is 2.63 bits per heavy atom. The number of methoxy groups -OCH3 is 2. The number of nitrogens with zero attached hydrogens (tertiary/aromatic N) is 2. The summed E-state index contributed by atoms with van der Waals surface area (Å²) in [7, 11) is 3.23. The molecule has 7 nitrogen and oxygen atoms in total. The molecule has 0 saturated heterocycles. The molecule has 1 fully saturated rings. The molecule has 1 aromatic carbocycles. The van der Waals surface area contributed by atoms with Gasteiger partial charge in [-0.1, -0.05) is 25.3 Å². The van der Waals surface area contributed by atoms with Crippen LogP contribution in [0.3, 0.4) is 0 Å². The summed E-state index contributed by atoms with van der Waals surface area (Å²) in [6.45, 7) is 2.46. The van der Waals surface area contributed by atoms with Crippen LogP contribution in [-0.4, -0.2) is 36.1 Å². The van der Waals surface area contributed by atoms with E-state index in [1.807, 2.05) is 25.1 Å². The Morgan fingerprint density at radius 1 is 1.19 bits per heavy atom. The molecule has 2 amide bonds. The maximum atomic E-state index is 12.4. The Morgan fingerprint density at radius 2 is 1.93 bits per heavy atom. The van der Waals surface area contributed by atoms with Gasteiger partial charge in [-0.3, -0.25) is 5.32 Å². The van der Waals surface area contributed by atoms with E-state index in [2.05, 4.69) is 15.7 Å². The van der Waals surface area contributed by atoms with Crippen molar-refractivity contribution in [1.29, 1.82) is 0 Å². The number of ether oxygens (including phenoxy) is 2. The second kappa shape index (κ2) is 8.79. The molecule has 1 heterocycles.